The maximum atomic E-state index is 11.3. The highest BCUT2D eigenvalue weighted by Gasteiger charge is 2.30. The highest BCUT2D eigenvalue weighted by atomic mass is 35.5. The lowest BCUT2D eigenvalue weighted by molar-refractivity contribution is 0.0702. The first kappa shape index (κ1) is 23.3. The van der Waals surface area contributed by atoms with E-state index >= 15 is 0 Å². The molecule has 4 aromatic rings. The van der Waals surface area contributed by atoms with Gasteiger partial charge in [-0.2, -0.15) is 0 Å². The van der Waals surface area contributed by atoms with Crippen molar-refractivity contribution in [2.75, 3.05) is 19.7 Å². The van der Waals surface area contributed by atoms with E-state index in [4.69, 9.17) is 26.1 Å². The Morgan fingerprint density at radius 3 is 2.81 bits per heavy atom. The molecule has 3 aromatic heterocycles. The van der Waals surface area contributed by atoms with Crippen LogP contribution in [0.25, 0.3) is 10.3 Å². The van der Waals surface area contributed by atoms with Gasteiger partial charge in [0.1, 0.15) is 22.1 Å². The first-order valence-corrected chi connectivity index (χ1v) is 13.1. The summed E-state index contributed by atoms with van der Waals surface area (Å²) in [6, 6.07) is 11.5. The third-order valence-electron chi connectivity index (χ3n) is 7.01. The van der Waals surface area contributed by atoms with Crippen LogP contribution in [-0.4, -0.2) is 50.2 Å². The molecule has 8 nitrogen and oxygen atoms in total. The summed E-state index contributed by atoms with van der Waals surface area (Å²) in [5.41, 5.74) is 2.88. The zero-order chi connectivity index (χ0) is 24.8. The molecule has 0 unspecified atom stereocenters. The number of hydrogen-bond donors (Lipinski definition) is 1. The molecule has 0 bridgehead atoms. The fraction of sp³-hybridized carbons (Fsp3) is 0.346. The van der Waals surface area contributed by atoms with Gasteiger partial charge in [-0.25, -0.2) is 9.78 Å². The minimum Gasteiger partial charge on any atom is -0.485 e. The topological polar surface area (TPSA) is 89.7 Å². The van der Waals surface area contributed by atoms with Crippen LogP contribution in [0.2, 0.25) is 5.02 Å². The number of carbonyl (C=O) groups is 1. The quantitative estimate of drug-likeness (QED) is 0.380. The highest BCUT2D eigenvalue weighted by Crippen LogP contribution is 2.44. The van der Waals surface area contributed by atoms with Crippen LogP contribution >= 0.6 is 22.9 Å². The Labute approximate surface area is 217 Å². The van der Waals surface area contributed by atoms with Gasteiger partial charge in [-0.1, -0.05) is 23.7 Å². The maximum Gasteiger partial charge on any atom is 0.346 e. The third kappa shape index (κ3) is 4.31. The molecule has 0 saturated carbocycles. The fourth-order valence-corrected chi connectivity index (χ4v) is 6.07. The van der Waals surface area contributed by atoms with E-state index in [9.17, 15) is 9.90 Å². The normalized spacial score (nSPS) is 18.6. The first-order chi connectivity index (χ1) is 17.5. The Balaban J connectivity index is 1.12. The average molecular weight is 525 g/mol. The lowest BCUT2D eigenvalue weighted by Crippen LogP contribution is -2.33. The van der Waals surface area contributed by atoms with Crippen LogP contribution < -0.4 is 9.47 Å². The number of hydrogen-bond acceptors (Lipinski definition) is 7. The predicted molar refractivity (Wildman–Crippen MR) is 137 cm³/mol. The summed E-state index contributed by atoms with van der Waals surface area (Å²) in [7, 11) is 1.95. The molecule has 1 N–H and O–H groups in total. The van der Waals surface area contributed by atoms with Gasteiger partial charge in [-0.05, 0) is 56.1 Å². The van der Waals surface area contributed by atoms with Crippen molar-refractivity contribution in [2.24, 2.45) is 7.05 Å². The van der Waals surface area contributed by atoms with Gasteiger partial charge in [0, 0.05) is 18.8 Å². The van der Waals surface area contributed by atoms with Crippen molar-refractivity contribution in [3.8, 4) is 11.5 Å². The molecule has 1 atom stereocenters. The second kappa shape index (κ2) is 9.38. The number of imidazole rings is 1. The van der Waals surface area contributed by atoms with Crippen LogP contribution in [0.1, 0.15) is 51.6 Å². The number of carboxylic acids is 1. The zero-order valence-electron chi connectivity index (χ0n) is 19.7. The van der Waals surface area contributed by atoms with E-state index in [2.05, 4.69) is 16.0 Å². The van der Waals surface area contributed by atoms with Gasteiger partial charge in [-0.3, -0.25) is 9.88 Å². The van der Waals surface area contributed by atoms with Crippen LogP contribution in [0.3, 0.4) is 0 Å². The molecule has 6 rings (SSSR count). The first-order valence-electron chi connectivity index (χ1n) is 11.9. The standard InChI is InChI=1S/C26H25ClN4O4S/c1-30-19-11-22(26(32)33)36-25(19)29-23(30)13-31-9-7-15(8-10-31)17-3-2-4-20-24(17)34-14-21(35-20)18-6-5-16(27)12-28-18/h2-6,11-12,15,21H,7-10,13-14H2,1H3,(H,32,33)/t21-/m1/s1. The van der Waals surface area contributed by atoms with Crippen molar-refractivity contribution >= 4 is 39.3 Å². The summed E-state index contributed by atoms with van der Waals surface area (Å²) in [5, 5.41) is 9.83. The van der Waals surface area contributed by atoms with Gasteiger partial charge in [0.15, 0.2) is 17.6 Å². The second-order valence-electron chi connectivity index (χ2n) is 9.24. The van der Waals surface area contributed by atoms with Gasteiger partial charge in [-0.15, -0.1) is 11.3 Å². The molecule has 1 fully saturated rings. The molecule has 2 aliphatic rings. The number of carboxylic acid groups (broad SMARTS) is 1. The van der Waals surface area contributed by atoms with Crippen molar-refractivity contribution < 1.29 is 19.4 Å². The summed E-state index contributed by atoms with van der Waals surface area (Å²) in [5.74, 6) is 2.06. The van der Waals surface area contributed by atoms with Gasteiger partial charge < -0.3 is 19.1 Å². The van der Waals surface area contributed by atoms with Gasteiger partial charge in [0.25, 0.3) is 0 Å². The van der Waals surface area contributed by atoms with Crippen LogP contribution in [0, 0.1) is 0 Å². The predicted octanol–water partition coefficient (Wildman–Crippen LogP) is 5.27. The number of pyridine rings is 1. The molecule has 0 aliphatic carbocycles. The molecular weight excluding hydrogens is 500 g/mol. The fourth-order valence-electron chi connectivity index (χ4n) is 5.04. The van der Waals surface area contributed by atoms with E-state index < -0.39 is 5.97 Å². The number of para-hydroxylation sites is 1. The number of piperidine rings is 1. The summed E-state index contributed by atoms with van der Waals surface area (Å²) in [6.07, 6.45) is 3.40. The van der Waals surface area contributed by atoms with Crippen molar-refractivity contribution in [3.05, 3.63) is 69.6 Å². The Morgan fingerprint density at radius 2 is 2.08 bits per heavy atom. The number of benzene rings is 1. The zero-order valence-corrected chi connectivity index (χ0v) is 21.3. The minimum atomic E-state index is -0.906. The highest BCUT2D eigenvalue weighted by molar-refractivity contribution is 7.20. The Hall–Kier alpha value is -3.14. The lowest BCUT2D eigenvalue weighted by atomic mass is 9.88. The van der Waals surface area contributed by atoms with Crippen LogP contribution in [0.4, 0.5) is 0 Å². The Morgan fingerprint density at radius 1 is 1.25 bits per heavy atom. The molecule has 0 radical (unpaired) electrons. The van der Waals surface area contributed by atoms with Gasteiger partial charge in [0.05, 0.1) is 22.8 Å². The average Bonchev–Trinajstić information content (AvgIpc) is 3.44. The number of aryl methyl sites for hydroxylation is 1. The lowest BCUT2D eigenvalue weighted by Gasteiger charge is -2.34. The number of fused-ring (bicyclic) bond motifs is 2. The number of aromatic carboxylic acids is 1. The number of thiophene rings is 1. The molecule has 0 spiro atoms. The molecule has 5 heterocycles. The molecule has 10 heteroatoms. The third-order valence-corrected chi connectivity index (χ3v) is 8.24. The molecule has 2 aliphatic heterocycles. The van der Waals surface area contributed by atoms with Crippen LogP contribution in [-0.2, 0) is 13.6 Å². The van der Waals surface area contributed by atoms with E-state index in [0.717, 1.165) is 65.8 Å². The number of nitrogens with zero attached hydrogens (tertiary/aromatic N) is 4. The number of likely N-dealkylation sites (tertiary alicyclic amines) is 1. The second-order valence-corrected chi connectivity index (χ2v) is 10.7. The summed E-state index contributed by atoms with van der Waals surface area (Å²) < 4.78 is 14.5. The Bertz CT molecular complexity index is 1430. The smallest absolute Gasteiger partial charge is 0.346 e. The van der Waals surface area contributed by atoms with Gasteiger partial charge >= 0.3 is 5.97 Å². The van der Waals surface area contributed by atoms with Crippen LogP contribution in [0.5, 0.6) is 11.5 Å². The molecular formula is C26H25ClN4O4S. The van der Waals surface area contributed by atoms with Crippen molar-refractivity contribution in [1.29, 1.82) is 0 Å². The monoisotopic (exact) mass is 524 g/mol. The van der Waals surface area contributed by atoms with E-state index in [-0.39, 0.29) is 6.10 Å². The van der Waals surface area contributed by atoms with E-state index in [1.54, 1.807) is 12.3 Å². The SMILES string of the molecule is Cn1c(CN2CCC(c3cccc4c3OC[C@H](c3ccc(Cl)cn3)O4)CC2)nc2sc(C(=O)O)cc21. The van der Waals surface area contributed by atoms with Crippen molar-refractivity contribution in [2.45, 2.75) is 31.4 Å². The number of halogens is 1. The van der Waals surface area contributed by atoms with Crippen molar-refractivity contribution in [3.63, 3.8) is 0 Å². The molecule has 36 heavy (non-hydrogen) atoms. The molecule has 0 amide bonds. The molecule has 1 saturated heterocycles. The Kier molecular flexibility index (Phi) is 6.07. The number of ether oxygens (including phenoxy) is 2. The largest absolute Gasteiger partial charge is 0.485 e. The summed E-state index contributed by atoms with van der Waals surface area (Å²) >= 11 is 7.20. The number of rotatable bonds is 5. The van der Waals surface area contributed by atoms with E-state index in [0.29, 0.717) is 22.4 Å². The van der Waals surface area contributed by atoms with Crippen LogP contribution in [0.15, 0.2) is 42.6 Å². The summed E-state index contributed by atoms with van der Waals surface area (Å²) in [6.45, 7) is 3.06. The molecule has 1 aromatic carbocycles. The van der Waals surface area contributed by atoms with Crippen molar-refractivity contribution in [1.82, 2.24) is 19.4 Å². The van der Waals surface area contributed by atoms with E-state index in [1.165, 1.54) is 16.9 Å². The summed E-state index contributed by atoms with van der Waals surface area (Å²) in [4.78, 5) is 23.9. The van der Waals surface area contributed by atoms with E-state index in [1.807, 2.05) is 35.9 Å². The number of aromatic nitrogens is 3. The maximum absolute atomic E-state index is 11.3. The minimum absolute atomic E-state index is 0.258. The molecule has 186 valence electrons. The van der Waals surface area contributed by atoms with Gasteiger partial charge in [0.2, 0.25) is 0 Å².